The number of carbonyl (C=O) groups is 1. The van der Waals surface area contributed by atoms with Crippen molar-refractivity contribution >= 4 is 27.7 Å². The fraction of sp³-hybridized carbons (Fsp3) is 0.111. The second kappa shape index (κ2) is 7.48. The summed E-state index contributed by atoms with van der Waals surface area (Å²) in [6.45, 7) is 0.487. The quantitative estimate of drug-likeness (QED) is 0.697. The Bertz CT molecular complexity index is 911. The number of nitrogens with one attached hydrogen (secondary N) is 1. The van der Waals surface area contributed by atoms with Crippen LogP contribution in [0.5, 0.6) is 5.75 Å². The monoisotopic (exact) mass is 403 g/mol. The minimum Gasteiger partial charge on any atom is -0.494 e. The summed E-state index contributed by atoms with van der Waals surface area (Å²) in [7, 11) is 1.37. The lowest BCUT2D eigenvalue weighted by Crippen LogP contribution is -2.16. The third kappa shape index (κ3) is 3.88. The molecule has 0 radical (unpaired) electrons. The Hall–Kier alpha value is -2.67. The average molecular weight is 404 g/mol. The summed E-state index contributed by atoms with van der Waals surface area (Å²) in [5.74, 6) is -0.389. The van der Waals surface area contributed by atoms with Crippen LogP contribution < -0.4 is 10.1 Å². The summed E-state index contributed by atoms with van der Waals surface area (Å²) >= 11 is 3.49. The number of methoxy groups -OCH3 is 1. The number of hydrogen-bond acceptors (Lipinski definition) is 3. The molecule has 1 N–H and O–H groups in total. The number of ether oxygens (including phenoxy) is 1. The lowest BCUT2D eigenvalue weighted by atomic mass is 10.2. The zero-order valence-electron chi connectivity index (χ0n) is 13.4. The van der Waals surface area contributed by atoms with Crippen molar-refractivity contribution in [3.05, 3.63) is 76.1 Å². The number of rotatable bonds is 5. The molecule has 25 heavy (non-hydrogen) atoms. The van der Waals surface area contributed by atoms with Crippen LogP contribution in [0.25, 0.3) is 0 Å². The largest absolute Gasteiger partial charge is 0.494 e. The van der Waals surface area contributed by atoms with Crippen molar-refractivity contribution in [2.45, 2.75) is 6.54 Å². The van der Waals surface area contributed by atoms with Gasteiger partial charge in [-0.15, -0.1) is 0 Å². The van der Waals surface area contributed by atoms with Gasteiger partial charge in [0, 0.05) is 16.1 Å². The van der Waals surface area contributed by atoms with E-state index >= 15 is 0 Å². The second-order valence-electron chi connectivity index (χ2n) is 5.27. The highest BCUT2D eigenvalue weighted by molar-refractivity contribution is 9.10. The summed E-state index contributed by atoms with van der Waals surface area (Å²) in [5, 5.41) is 6.98. The molecule has 5 nitrogen and oxygen atoms in total. The van der Waals surface area contributed by atoms with E-state index < -0.39 is 11.7 Å². The molecule has 1 aromatic heterocycles. The first-order chi connectivity index (χ1) is 12.1. The Kier molecular flexibility index (Phi) is 5.14. The summed E-state index contributed by atoms with van der Waals surface area (Å²) in [4.78, 5) is 12.4. The van der Waals surface area contributed by atoms with Gasteiger partial charge in [-0.2, -0.15) is 5.10 Å². The maximum absolute atomic E-state index is 13.8. The maximum atomic E-state index is 13.8. The first kappa shape index (κ1) is 17.2. The van der Waals surface area contributed by atoms with Gasteiger partial charge < -0.3 is 10.1 Å². The third-order valence-corrected chi connectivity index (χ3v) is 4.42. The van der Waals surface area contributed by atoms with Crippen LogP contribution in [-0.4, -0.2) is 22.8 Å². The van der Waals surface area contributed by atoms with Crippen LogP contribution in [0.2, 0.25) is 0 Å². The van der Waals surface area contributed by atoms with Gasteiger partial charge in [-0.3, -0.25) is 4.79 Å². The molecule has 0 aliphatic heterocycles. The second-order valence-corrected chi connectivity index (χ2v) is 6.12. The van der Waals surface area contributed by atoms with E-state index in [0.29, 0.717) is 12.4 Å². The van der Waals surface area contributed by atoms with Gasteiger partial charge in [0.25, 0.3) is 5.91 Å². The van der Waals surface area contributed by atoms with Crippen molar-refractivity contribution in [1.82, 2.24) is 9.78 Å². The van der Waals surface area contributed by atoms with Crippen LogP contribution in [0.15, 0.2) is 59.2 Å². The molecular weight excluding hydrogens is 389 g/mol. The Morgan fingerprint density at radius 3 is 2.80 bits per heavy atom. The molecule has 0 aliphatic carbocycles. The molecule has 2 aromatic carbocycles. The van der Waals surface area contributed by atoms with Gasteiger partial charge >= 0.3 is 0 Å². The molecule has 0 unspecified atom stereocenters. The number of benzene rings is 2. The predicted molar refractivity (Wildman–Crippen MR) is 96.4 cm³/mol. The summed E-state index contributed by atoms with van der Waals surface area (Å²) < 4.78 is 21.3. The molecule has 0 saturated carbocycles. The molecule has 0 aliphatic rings. The molecule has 1 heterocycles. The van der Waals surface area contributed by atoms with E-state index in [0.717, 1.165) is 16.1 Å². The van der Waals surface area contributed by atoms with Crippen molar-refractivity contribution in [3.8, 4) is 5.75 Å². The number of anilines is 1. The molecule has 3 rings (SSSR count). The summed E-state index contributed by atoms with van der Waals surface area (Å²) in [5.41, 5.74) is 1.23. The van der Waals surface area contributed by atoms with Gasteiger partial charge in [-0.25, -0.2) is 9.07 Å². The van der Waals surface area contributed by atoms with Gasteiger partial charge in [0.05, 0.1) is 19.9 Å². The zero-order chi connectivity index (χ0) is 17.8. The van der Waals surface area contributed by atoms with Crippen LogP contribution in [0.1, 0.15) is 15.9 Å². The molecule has 0 spiro atoms. The highest BCUT2D eigenvalue weighted by Gasteiger charge is 2.13. The Balaban J connectivity index is 1.78. The fourth-order valence-corrected chi connectivity index (χ4v) is 2.76. The van der Waals surface area contributed by atoms with Gasteiger partial charge in [-0.05, 0) is 29.8 Å². The number of carbonyl (C=O) groups excluding carboxylic acids is 1. The van der Waals surface area contributed by atoms with E-state index in [9.17, 15) is 9.18 Å². The predicted octanol–water partition coefficient (Wildman–Crippen LogP) is 4.09. The van der Waals surface area contributed by atoms with Crippen molar-refractivity contribution in [2.75, 3.05) is 12.4 Å². The third-order valence-electron chi connectivity index (χ3n) is 3.65. The summed E-state index contributed by atoms with van der Waals surface area (Å²) in [6.07, 6.45) is 1.60. The minimum atomic E-state index is -0.586. The van der Waals surface area contributed by atoms with E-state index in [4.69, 9.17) is 4.74 Å². The Labute approximate surface area is 152 Å². The Morgan fingerprint density at radius 2 is 2.08 bits per heavy atom. The number of aromatic nitrogens is 2. The molecule has 3 aromatic rings. The molecular formula is C18H15BrFN3O2. The van der Waals surface area contributed by atoms with Crippen molar-refractivity contribution in [1.29, 1.82) is 0 Å². The van der Waals surface area contributed by atoms with Crippen LogP contribution in [0.4, 0.5) is 10.2 Å². The fourth-order valence-electron chi connectivity index (χ4n) is 2.35. The number of halogens is 2. The molecule has 1 amide bonds. The lowest BCUT2D eigenvalue weighted by molar-refractivity contribution is 0.102. The van der Waals surface area contributed by atoms with E-state index in [-0.39, 0.29) is 11.3 Å². The van der Waals surface area contributed by atoms with E-state index in [1.807, 2.05) is 24.3 Å². The van der Waals surface area contributed by atoms with E-state index in [2.05, 4.69) is 26.3 Å². The van der Waals surface area contributed by atoms with Gasteiger partial charge in [-0.1, -0.05) is 34.1 Å². The first-order valence-electron chi connectivity index (χ1n) is 7.48. The Morgan fingerprint density at radius 1 is 1.28 bits per heavy atom. The van der Waals surface area contributed by atoms with E-state index in [1.165, 1.54) is 19.2 Å². The molecule has 128 valence electrons. The van der Waals surface area contributed by atoms with Crippen molar-refractivity contribution in [2.24, 2.45) is 0 Å². The molecule has 0 bridgehead atoms. The minimum absolute atomic E-state index is 0.0931. The van der Waals surface area contributed by atoms with Crippen LogP contribution >= 0.6 is 15.9 Å². The standard InChI is InChI=1S/C18H15BrFN3O2/c1-25-16-7-6-12(10-15(16)20)18(24)22-17-8-9-21-23(17)11-13-4-2-3-5-14(13)19/h2-10H,11H2,1H3,(H,22,24). The molecule has 0 saturated heterocycles. The van der Waals surface area contributed by atoms with E-state index in [1.54, 1.807) is 16.9 Å². The number of amides is 1. The normalized spacial score (nSPS) is 10.5. The molecule has 7 heteroatoms. The van der Waals surface area contributed by atoms with Crippen LogP contribution in [0.3, 0.4) is 0 Å². The highest BCUT2D eigenvalue weighted by atomic mass is 79.9. The highest BCUT2D eigenvalue weighted by Crippen LogP contribution is 2.20. The molecule has 0 atom stereocenters. The van der Waals surface area contributed by atoms with Crippen molar-refractivity contribution in [3.63, 3.8) is 0 Å². The number of nitrogens with zero attached hydrogens (tertiary/aromatic N) is 2. The SMILES string of the molecule is COc1ccc(C(=O)Nc2ccnn2Cc2ccccc2Br)cc1F. The van der Waals surface area contributed by atoms with Gasteiger partial charge in [0.15, 0.2) is 11.6 Å². The maximum Gasteiger partial charge on any atom is 0.256 e. The molecule has 0 fully saturated rings. The topological polar surface area (TPSA) is 56.1 Å². The number of hydrogen-bond donors (Lipinski definition) is 1. The van der Waals surface area contributed by atoms with Gasteiger partial charge in [0.2, 0.25) is 0 Å². The first-order valence-corrected chi connectivity index (χ1v) is 8.28. The lowest BCUT2D eigenvalue weighted by Gasteiger charge is -2.11. The van der Waals surface area contributed by atoms with Crippen molar-refractivity contribution < 1.29 is 13.9 Å². The zero-order valence-corrected chi connectivity index (χ0v) is 15.0. The van der Waals surface area contributed by atoms with Crippen LogP contribution in [-0.2, 0) is 6.54 Å². The smallest absolute Gasteiger partial charge is 0.256 e. The summed E-state index contributed by atoms with van der Waals surface area (Å²) in [6, 6.07) is 13.5. The van der Waals surface area contributed by atoms with Gasteiger partial charge in [0.1, 0.15) is 5.82 Å². The average Bonchev–Trinajstić information content (AvgIpc) is 3.03. The van der Waals surface area contributed by atoms with Crippen LogP contribution in [0, 0.1) is 5.82 Å².